The molecular formula is C19H21N3O2. The number of benzene rings is 1. The molecule has 0 saturated carbocycles. The maximum absolute atomic E-state index is 5.49. The van der Waals surface area contributed by atoms with Crippen LogP contribution >= 0.6 is 0 Å². The van der Waals surface area contributed by atoms with E-state index in [0.29, 0.717) is 0 Å². The summed E-state index contributed by atoms with van der Waals surface area (Å²) in [6.07, 6.45) is 2.82. The van der Waals surface area contributed by atoms with Gasteiger partial charge in [-0.3, -0.25) is 9.58 Å². The van der Waals surface area contributed by atoms with Gasteiger partial charge in [-0.05, 0) is 36.8 Å². The van der Waals surface area contributed by atoms with E-state index < -0.39 is 0 Å². The Morgan fingerprint density at radius 2 is 2.12 bits per heavy atom. The van der Waals surface area contributed by atoms with Crippen LogP contribution in [0.3, 0.4) is 0 Å². The number of aromatic nitrogens is 2. The molecule has 2 aromatic heterocycles. The van der Waals surface area contributed by atoms with Gasteiger partial charge in [0.15, 0.2) is 0 Å². The summed E-state index contributed by atoms with van der Waals surface area (Å²) in [4.78, 5) is 2.41. The summed E-state index contributed by atoms with van der Waals surface area (Å²) in [7, 11) is 1.69. The largest absolute Gasteiger partial charge is 0.497 e. The van der Waals surface area contributed by atoms with E-state index in [-0.39, 0.29) is 0 Å². The van der Waals surface area contributed by atoms with E-state index in [1.807, 2.05) is 30.3 Å². The molecule has 0 saturated heterocycles. The third-order valence-corrected chi connectivity index (χ3v) is 4.42. The fraction of sp³-hybridized carbons (Fsp3) is 0.316. The zero-order valence-corrected chi connectivity index (χ0v) is 13.8. The van der Waals surface area contributed by atoms with Gasteiger partial charge < -0.3 is 9.15 Å². The predicted octanol–water partition coefficient (Wildman–Crippen LogP) is 3.56. The Bertz CT molecular complexity index is 808. The number of methoxy groups -OCH3 is 1. The van der Waals surface area contributed by atoms with Crippen LogP contribution in [0.25, 0.3) is 11.3 Å². The number of ether oxygens (including phenoxy) is 1. The van der Waals surface area contributed by atoms with Gasteiger partial charge in [0, 0.05) is 25.2 Å². The van der Waals surface area contributed by atoms with E-state index in [4.69, 9.17) is 14.3 Å². The van der Waals surface area contributed by atoms with Crippen LogP contribution in [0.1, 0.15) is 17.9 Å². The second kappa shape index (κ2) is 6.53. The molecule has 1 aliphatic rings. The second-order valence-corrected chi connectivity index (χ2v) is 6.12. The molecule has 5 nitrogen and oxygen atoms in total. The number of aryl methyl sites for hydroxylation is 1. The van der Waals surface area contributed by atoms with Gasteiger partial charge in [0.25, 0.3) is 0 Å². The van der Waals surface area contributed by atoms with Crippen molar-refractivity contribution in [3.63, 3.8) is 0 Å². The van der Waals surface area contributed by atoms with Crippen LogP contribution in [-0.2, 0) is 19.6 Å². The molecule has 0 radical (unpaired) electrons. The number of hydrogen-bond donors (Lipinski definition) is 0. The lowest BCUT2D eigenvalue weighted by atomic mass is 10.1. The minimum Gasteiger partial charge on any atom is -0.497 e. The maximum Gasteiger partial charge on any atom is 0.119 e. The molecule has 0 fully saturated rings. The first-order chi connectivity index (χ1) is 11.8. The monoisotopic (exact) mass is 323 g/mol. The zero-order valence-electron chi connectivity index (χ0n) is 13.8. The van der Waals surface area contributed by atoms with Crippen LogP contribution in [0.2, 0.25) is 0 Å². The molecule has 0 amide bonds. The SMILES string of the molecule is COc1cccc(-c2cc3n(n2)CCCN(Cc2ccco2)C3)c1. The van der Waals surface area contributed by atoms with E-state index in [9.17, 15) is 0 Å². The van der Waals surface area contributed by atoms with Crippen molar-refractivity contribution in [2.45, 2.75) is 26.1 Å². The Morgan fingerprint density at radius 3 is 2.96 bits per heavy atom. The standard InChI is InChI=1S/C19H21N3O2/c1-23-17-6-2-5-15(11-17)19-12-16-13-21(8-4-9-22(16)20-19)14-18-7-3-10-24-18/h2-3,5-7,10-12H,4,8-9,13-14H2,1H3. The van der Waals surface area contributed by atoms with Crippen LogP contribution in [0.5, 0.6) is 5.75 Å². The Morgan fingerprint density at radius 1 is 1.17 bits per heavy atom. The molecule has 0 bridgehead atoms. The quantitative estimate of drug-likeness (QED) is 0.736. The van der Waals surface area contributed by atoms with Crippen LogP contribution in [0, 0.1) is 0 Å². The molecule has 3 heterocycles. The molecule has 124 valence electrons. The lowest BCUT2D eigenvalue weighted by Crippen LogP contribution is -2.22. The highest BCUT2D eigenvalue weighted by molar-refractivity contribution is 5.61. The summed E-state index contributed by atoms with van der Waals surface area (Å²) in [5.41, 5.74) is 3.34. The molecule has 0 unspecified atom stereocenters. The average molecular weight is 323 g/mol. The van der Waals surface area contributed by atoms with Gasteiger partial charge in [-0.25, -0.2) is 0 Å². The lowest BCUT2D eigenvalue weighted by molar-refractivity contribution is 0.239. The Labute approximate surface area is 141 Å². The van der Waals surface area contributed by atoms with Gasteiger partial charge in [0.05, 0.1) is 31.3 Å². The number of hydrogen-bond acceptors (Lipinski definition) is 4. The second-order valence-electron chi connectivity index (χ2n) is 6.12. The molecule has 0 atom stereocenters. The summed E-state index contributed by atoms with van der Waals surface area (Å²) < 4.78 is 12.9. The summed E-state index contributed by atoms with van der Waals surface area (Å²) in [5.74, 6) is 1.87. The van der Waals surface area contributed by atoms with Crippen LogP contribution in [0.15, 0.2) is 53.1 Å². The van der Waals surface area contributed by atoms with Crippen molar-refractivity contribution in [3.05, 3.63) is 60.2 Å². The third kappa shape index (κ3) is 3.08. The maximum atomic E-state index is 5.49. The van der Waals surface area contributed by atoms with Crippen molar-refractivity contribution in [1.82, 2.24) is 14.7 Å². The van der Waals surface area contributed by atoms with Crippen LogP contribution in [-0.4, -0.2) is 28.3 Å². The van der Waals surface area contributed by atoms with E-state index in [2.05, 4.69) is 21.7 Å². The highest BCUT2D eigenvalue weighted by Crippen LogP contribution is 2.25. The third-order valence-electron chi connectivity index (χ3n) is 4.42. The van der Waals surface area contributed by atoms with Crippen molar-refractivity contribution >= 4 is 0 Å². The van der Waals surface area contributed by atoms with E-state index in [1.165, 1.54) is 5.69 Å². The van der Waals surface area contributed by atoms with E-state index in [0.717, 1.165) is 55.4 Å². The number of furan rings is 1. The molecule has 5 heteroatoms. The van der Waals surface area contributed by atoms with Crippen molar-refractivity contribution in [3.8, 4) is 17.0 Å². The Balaban J connectivity index is 1.57. The number of rotatable bonds is 4. The fourth-order valence-corrected chi connectivity index (χ4v) is 3.21. The average Bonchev–Trinajstić information content (AvgIpc) is 3.22. The number of fused-ring (bicyclic) bond motifs is 1. The minimum atomic E-state index is 0.840. The fourth-order valence-electron chi connectivity index (χ4n) is 3.21. The molecule has 24 heavy (non-hydrogen) atoms. The van der Waals surface area contributed by atoms with Gasteiger partial charge in [-0.15, -0.1) is 0 Å². The molecule has 1 aromatic carbocycles. The molecule has 0 spiro atoms. The van der Waals surface area contributed by atoms with Gasteiger partial charge in [0.1, 0.15) is 11.5 Å². The van der Waals surface area contributed by atoms with Gasteiger partial charge >= 0.3 is 0 Å². The van der Waals surface area contributed by atoms with E-state index >= 15 is 0 Å². The topological polar surface area (TPSA) is 43.4 Å². The molecule has 4 rings (SSSR count). The van der Waals surface area contributed by atoms with E-state index in [1.54, 1.807) is 13.4 Å². The van der Waals surface area contributed by atoms with Crippen LogP contribution < -0.4 is 4.74 Å². The van der Waals surface area contributed by atoms with Gasteiger partial charge in [-0.1, -0.05) is 12.1 Å². The number of nitrogens with zero attached hydrogens (tertiary/aromatic N) is 3. The summed E-state index contributed by atoms with van der Waals surface area (Å²) >= 11 is 0. The molecule has 0 aliphatic carbocycles. The summed E-state index contributed by atoms with van der Waals surface area (Å²) in [6.45, 7) is 3.73. The molecule has 0 N–H and O–H groups in total. The van der Waals surface area contributed by atoms with Crippen molar-refractivity contribution in [1.29, 1.82) is 0 Å². The first-order valence-corrected chi connectivity index (χ1v) is 8.28. The highest BCUT2D eigenvalue weighted by atomic mass is 16.5. The molecule has 1 aliphatic heterocycles. The predicted molar refractivity (Wildman–Crippen MR) is 91.7 cm³/mol. The first-order valence-electron chi connectivity index (χ1n) is 8.28. The van der Waals surface area contributed by atoms with Gasteiger partial charge in [-0.2, -0.15) is 5.10 Å². The lowest BCUT2D eigenvalue weighted by Gasteiger charge is -2.17. The minimum absolute atomic E-state index is 0.840. The molecular weight excluding hydrogens is 302 g/mol. The first kappa shape index (κ1) is 15.0. The van der Waals surface area contributed by atoms with Crippen LogP contribution in [0.4, 0.5) is 0 Å². The highest BCUT2D eigenvalue weighted by Gasteiger charge is 2.18. The zero-order chi connectivity index (χ0) is 16.4. The van der Waals surface area contributed by atoms with Gasteiger partial charge in [0.2, 0.25) is 0 Å². The Kier molecular flexibility index (Phi) is 4.09. The summed E-state index contributed by atoms with van der Waals surface area (Å²) in [5, 5.41) is 4.80. The Hall–Kier alpha value is -2.53. The van der Waals surface area contributed by atoms with Crippen molar-refractivity contribution in [2.24, 2.45) is 0 Å². The van der Waals surface area contributed by atoms with Crippen molar-refractivity contribution in [2.75, 3.05) is 13.7 Å². The molecule has 3 aromatic rings. The smallest absolute Gasteiger partial charge is 0.119 e. The normalized spacial score (nSPS) is 15.0. The van der Waals surface area contributed by atoms with Crippen molar-refractivity contribution < 1.29 is 9.15 Å². The summed E-state index contributed by atoms with van der Waals surface area (Å²) in [6, 6.07) is 14.2.